The molecule has 0 amide bonds. The van der Waals surface area contributed by atoms with Gasteiger partial charge in [-0.25, -0.2) is 0 Å². The lowest BCUT2D eigenvalue weighted by Crippen LogP contribution is -2.25. The number of nitrogens with two attached hydrogens (primary N) is 1. The molecule has 0 aromatic heterocycles. The summed E-state index contributed by atoms with van der Waals surface area (Å²) >= 11 is 1.86. The molecule has 1 heterocycles. The standard InChI is InChI=1S/C19H23N3O2S/c1-3-24-19-10-15(6-9-18(19)23-2)17-12-25-13-22(21-17)11-14-4-7-16(20)8-5-14/h4-10H,3,11-13,20H2,1-2H3. The number of methoxy groups -OCH3 is 1. The highest BCUT2D eigenvalue weighted by molar-refractivity contribution is 8.00. The molecule has 3 rings (SSSR count). The predicted molar refractivity (Wildman–Crippen MR) is 104 cm³/mol. The molecule has 0 radical (unpaired) electrons. The van der Waals surface area contributed by atoms with Gasteiger partial charge in [-0.1, -0.05) is 12.1 Å². The van der Waals surface area contributed by atoms with Crippen molar-refractivity contribution in [1.29, 1.82) is 0 Å². The lowest BCUT2D eigenvalue weighted by atomic mass is 10.1. The highest BCUT2D eigenvalue weighted by Crippen LogP contribution is 2.29. The van der Waals surface area contributed by atoms with Crippen LogP contribution in [0.25, 0.3) is 0 Å². The van der Waals surface area contributed by atoms with Crippen LogP contribution in [0.5, 0.6) is 11.5 Å². The van der Waals surface area contributed by atoms with Gasteiger partial charge in [0.05, 0.1) is 31.8 Å². The van der Waals surface area contributed by atoms with Gasteiger partial charge < -0.3 is 15.2 Å². The Morgan fingerprint density at radius 2 is 1.96 bits per heavy atom. The summed E-state index contributed by atoms with van der Waals surface area (Å²) in [6.45, 7) is 3.34. The maximum absolute atomic E-state index is 5.75. The van der Waals surface area contributed by atoms with E-state index in [1.807, 2.05) is 61.2 Å². The van der Waals surface area contributed by atoms with E-state index in [2.05, 4.69) is 5.01 Å². The molecular weight excluding hydrogens is 334 g/mol. The van der Waals surface area contributed by atoms with Gasteiger partial charge in [-0.2, -0.15) is 5.10 Å². The summed E-state index contributed by atoms with van der Waals surface area (Å²) in [4.78, 5) is 0. The van der Waals surface area contributed by atoms with E-state index in [1.165, 1.54) is 5.56 Å². The van der Waals surface area contributed by atoms with Gasteiger partial charge in [0.15, 0.2) is 11.5 Å². The summed E-state index contributed by atoms with van der Waals surface area (Å²) in [5, 5.41) is 6.91. The zero-order valence-electron chi connectivity index (χ0n) is 14.6. The molecule has 5 nitrogen and oxygen atoms in total. The van der Waals surface area contributed by atoms with Gasteiger partial charge in [0.1, 0.15) is 0 Å². The van der Waals surface area contributed by atoms with E-state index in [0.29, 0.717) is 6.61 Å². The van der Waals surface area contributed by atoms with Gasteiger partial charge in [0.2, 0.25) is 0 Å². The van der Waals surface area contributed by atoms with Crippen molar-refractivity contribution in [1.82, 2.24) is 5.01 Å². The summed E-state index contributed by atoms with van der Waals surface area (Å²) in [6.07, 6.45) is 0. The number of hydrogen-bond donors (Lipinski definition) is 1. The fourth-order valence-electron chi connectivity index (χ4n) is 2.66. The van der Waals surface area contributed by atoms with Crippen LogP contribution in [0.1, 0.15) is 18.1 Å². The molecule has 6 heteroatoms. The van der Waals surface area contributed by atoms with E-state index in [1.54, 1.807) is 7.11 Å². The fourth-order valence-corrected chi connectivity index (χ4v) is 3.53. The smallest absolute Gasteiger partial charge is 0.161 e. The van der Waals surface area contributed by atoms with Crippen LogP contribution < -0.4 is 15.2 Å². The van der Waals surface area contributed by atoms with E-state index in [0.717, 1.165) is 46.6 Å². The van der Waals surface area contributed by atoms with Crippen LogP contribution in [0, 0.1) is 0 Å². The molecule has 0 saturated heterocycles. The molecule has 1 aliphatic rings. The van der Waals surface area contributed by atoms with Gasteiger partial charge in [0.25, 0.3) is 0 Å². The molecule has 2 aromatic carbocycles. The molecule has 0 unspecified atom stereocenters. The predicted octanol–water partition coefficient (Wildman–Crippen LogP) is 3.59. The van der Waals surface area contributed by atoms with Gasteiger partial charge in [0, 0.05) is 17.0 Å². The van der Waals surface area contributed by atoms with Gasteiger partial charge in [-0.05, 0) is 42.8 Å². The van der Waals surface area contributed by atoms with Crippen molar-refractivity contribution < 1.29 is 9.47 Å². The molecule has 0 fully saturated rings. The van der Waals surface area contributed by atoms with E-state index in [9.17, 15) is 0 Å². The van der Waals surface area contributed by atoms with Crippen LogP contribution in [0.4, 0.5) is 5.69 Å². The molecule has 0 saturated carbocycles. The van der Waals surface area contributed by atoms with E-state index >= 15 is 0 Å². The topological polar surface area (TPSA) is 60.1 Å². The largest absolute Gasteiger partial charge is 0.493 e. The second-order valence-electron chi connectivity index (χ2n) is 5.73. The Balaban J connectivity index is 1.80. The normalized spacial score (nSPS) is 14.2. The number of rotatable bonds is 6. The molecule has 2 aromatic rings. The summed E-state index contributed by atoms with van der Waals surface area (Å²) in [5.41, 5.74) is 9.85. The molecular formula is C19H23N3O2S. The van der Waals surface area contributed by atoms with Crippen molar-refractivity contribution in [3.05, 3.63) is 53.6 Å². The Hall–Kier alpha value is -2.34. The van der Waals surface area contributed by atoms with E-state index in [4.69, 9.17) is 20.3 Å². The Morgan fingerprint density at radius 3 is 2.68 bits per heavy atom. The van der Waals surface area contributed by atoms with Gasteiger partial charge in [-0.3, -0.25) is 5.01 Å². The summed E-state index contributed by atoms with van der Waals surface area (Å²) in [7, 11) is 1.65. The Morgan fingerprint density at radius 1 is 1.16 bits per heavy atom. The zero-order valence-corrected chi connectivity index (χ0v) is 15.4. The second-order valence-corrected chi connectivity index (χ2v) is 6.68. The minimum Gasteiger partial charge on any atom is -0.493 e. The number of hydrazone groups is 1. The van der Waals surface area contributed by atoms with Crippen LogP contribution in [0.2, 0.25) is 0 Å². The minimum absolute atomic E-state index is 0.601. The number of anilines is 1. The van der Waals surface area contributed by atoms with Crippen molar-refractivity contribution in [2.24, 2.45) is 5.10 Å². The van der Waals surface area contributed by atoms with Crippen LogP contribution in [0.3, 0.4) is 0 Å². The first-order valence-electron chi connectivity index (χ1n) is 8.25. The summed E-state index contributed by atoms with van der Waals surface area (Å²) < 4.78 is 11.0. The van der Waals surface area contributed by atoms with Crippen molar-refractivity contribution in [2.75, 3.05) is 31.1 Å². The lowest BCUT2D eigenvalue weighted by Gasteiger charge is -2.25. The Kier molecular flexibility index (Phi) is 5.71. The third kappa shape index (κ3) is 4.39. The number of hydrogen-bond acceptors (Lipinski definition) is 6. The molecule has 2 N–H and O–H groups in total. The minimum atomic E-state index is 0.601. The number of nitrogen functional groups attached to an aromatic ring is 1. The van der Waals surface area contributed by atoms with Crippen LogP contribution in [0.15, 0.2) is 47.6 Å². The highest BCUT2D eigenvalue weighted by Gasteiger charge is 2.16. The first kappa shape index (κ1) is 17.5. The Labute approximate surface area is 152 Å². The molecule has 0 bridgehead atoms. The summed E-state index contributed by atoms with van der Waals surface area (Å²) in [6, 6.07) is 13.9. The van der Waals surface area contributed by atoms with E-state index < -0.39 is 0 Å². The first-order chi connectivity index (χ1) is 12.2. The lowest BCUT2D eigenvalue weighted by molar-refractivity contribution is 0.310. The van der Waals surface area contributed by atoms with Crippen LogP contribution >= 0.6 is 11.8 Å². The zero-order chi connectivity index (χ0) is 17.6. The average Bonchev–Trinajstić information content (AvgIpc) is 2.64. The number of ether oxygens (including phenoxy) is 2. The SMILES string of the molecule is CCOc1cc(C2=NN(Cc3ccc(N)cc3)CSC2)ccc1OC. The van der Waals surface area contributed by atoms with Crippen molar-refractivity contribution in [3.63, 3.8) is 0 Å². The maximum Gasteiger partial charge on any atom is 0.161 e. The highest BCUT2D eigenvalue weighted by atomic mass is 32.2. The number of thioether (sulfide) groups is 1. The number of nitrogens with zero attached hydrogens (tertiary/aromatic N) is 2. The van der Waals surface area contributed by atoms with Gasteiger partial charge in [-0.15, -0.1) is 11.8 Å². The molecule has 0 atom stereocenters. The quantitative estimate of drug-likeness (QED) is 0.801. The third-order valence-corrected chi connectivity index (χ3v) is 4.84. The third-order valence-electron chi connectivity index (χ3n) is 3.88. The van der Waals surface area contributed by atoms with Crippen LogP contribution in [-0.4, -0.2) is 36.1 Å². The maximum atomic E-state index is 5.75. The summed E-state index contributed by atoms with van der Waals surface area (Å²) in [5.74, 6) is 3.26. The van der Waals surface area contributed by atoms with Crippen LogP contribution in [-0.2, 0) is 6.54 Å². The molecule has 132 valence electrons. The van der Waals surface area contributed by atoms with E-state index in [-0.39, 0.29) is 0 Å². The first-order valence-corrected chi connectivity index (χ1v) is 9.41. The fraction of sp³-hybridized carbons (Fsp3) is 0.316. The Bertz CT molecular complexity index is 747. The van der Waals surface area contributed by atoms with Crippen molar-refractivity contribution >= 4 is 23.2 Å². The average molecular weight is 357 g/mol. The van der Waals surface area contributed by atoms with Crippen molar-refractivity contribution in [2.45, 2.75) is 13.5 Å². The second kappa shape index (κ2) is 8.16. The monoisotopic (exact) mass is 357 g/mol. The molecule has 0 aliphatic carbocycles. The molecule has 1 aliphatic heterocycles. The number of benzene rings is 2. The van der Waals surface area contributed by atoms with Crippen molar-refractivity contribution in [3.8, 4) is 11.5 Å². The molecule has 0 spiro atoms. The van der Waals surface area contributed by atoms with Gasteiger partial charge >= 0.3 is 0 Å². The molecule has 25 heavy (non-hydrogen) atoms.